The summed E-state index contributed by atoms with van der Waals surface area (Å²) in [6.07, 6.45) is 0. The molecule has 0 aliphatic heterocycles. The maximum Gasteiger partial charge on any atom is 0.276 e. The van der Waals surface area contributed by atoms with Crippen LogP contribution >= 0.6 is 0 Å². The first-order valence-corrected chi connectivity index (χ1v) is 8.60. The quantitative estimate of drug-likeness (QED) is 0.647. The van der Waals surface area contributed by atoms with Crippen molar-refractivity contribution in [1.29, 1.82) is 0 Å². The van der Waals surface area contributed by atoms with Crippen molar-refractivity contribution in [3.8, 4) is 0 Å². The molecule has 0 radical (unpaired) electrons. The standard InChI is InChI=1S/C21H20N4O2/c1-14(16-7-4-3-5-8-16)22-20-12-11-19(24-25-20)21(27)23-18-10-6-9-17(13-18)15(2)26/h3-14H,1-2H3,(H,22,25)(H,23,27). The molecule has 0 fully saturated rings. The Balaban J connectivity index is 1.65. The highest BCUT2D eigenvalue weighted by molar-refractivity contribution is 6.03. The van der Waals surface area contributed by atoms with Gasteiger partial charge in [0.2, 0.25) is 0 Å². The Morgan fingerprint density at radius 2 is 1.70 bits per heavy atom. The van der Waals surface area contributed by atoms with Gasteiger partial charge in [-0.05, 0) is 43.7 Å². The van der Waals surface area contributed by atoms with Crippen LogP contribution in [0.2, 0.25) is 0 Å². The van der Waals surface area contributed by atoms with E-state index in [9.17, 15) is 9.59 Å². The van der Waals surface area contributed by atoms with Crippen molar-refractivity contribution >= 4 is 23.2 Å². The van der Waals surface area contributed by atoms with E-state index in [1.54, 1.807) is 36.4 Å². The average molecular weight is 360 g/mol. The highest BCUT2D eigenvalue weighted by atomic mass is 16.2. The molecule has 1 aromatic heterocycles. The SMILES string of the molecule is CC(=O)c1cccc(NC(=O)c2ccc(NC(C)c3ccccc3)nn2)c1. The summed E-state index contributed by atoms with van der Waals surface area (Å²) in [4.78, 5) is 23.8. The van der Waals surface area contributed by atoms with Gasteiger partial charge in [-0.2, -0.15) is 0 Å². The number of rotatable bonds is 6. The molecule has 2 aromatic carbocycles. The third-order valence-electron chi connectivity index (χ3n) is 4.09. The molecule has 1 unspecified atom stereocenters. The summed E-state index contributed by atoms with van der Waals surface area (Å²) in [5.74, 6) is 0.140. The summed E-state index contributed by atoms with van der Waals surface area (Å²) in [7, 11) is 0. The number of Topliss-reactive ketones (excluding diaryl/α,β-unsaturated/α-hetero) is 1. The monoisotopic (exact) mass is 360 g/mol. The van der Waals surface area contributed by atoms with Gasteiger partial charge in [-0.3, -0.25) is 9.59 Å². The first-order valence-electron chi connectivity index (χ1n) is 8.60. The highest BCUT2D eigenvalue weighted by Gasteiger charge is 2.11. The van der Waals surface area contributed by atoms with Gasteiger partial charge in [-0.15, -0.1) is 10.2 Å². The summed E-state index contributed by atoms with van der Waals surface area (Å²) in [5, 5.41) is 14.0. The van der Waals surface area contributed by atoms with Gasteiger partial charge in [0.15, 0.2) is 11.5 Å². The first kappa shape index (κ1) is 18.3. The van der Waals surface area contributed by atoms with E-state index < -0.39 is 0 Å². The molecule has 0 bridgehead atoms. The van der Waals surface area contributed by atoms with Crippen molar-refractivity contribution < 1.29 is 9.59 Å². The average Bonchev–Trinajstić information content (AvgIpc) is 2.69. The van der Waals surface area contributed by atoms with Gasteiger partial charge in [0.05, 0.1) is 0 Å². The zero-order valence-electron chi connectivity index (χ0n) is 15.1. The molecule has 0 aliphatic rings. The number of aromatic nitrogens is 2. The topological polar surface area (TPSA) is 84.0 Å². The lowest BCUT2D eigenvalue weighted by atomic mass is 10.1. The van der Waals surface area contributed by atoms with E-state index in [0.29, 0.717) is 17.1 Å². The Labute approximate surface area is 157 Å². The molecule has 1 heterocycles. The third-order valence-corrected chi connectivity index (χ3v) is 4.09. The van der Waals surface area contributed by atoms with E-state index in [4.69, 9.17) is 0 Å². The molecular formula is C21H20N4O2. The van der Waals surface area contributed by atoms with Crippen molar-refractivity contribution in [3.63, 3.8) is 0 Å². The van der Waals surface area contributed by atoms with Gasteiger partial charge >= 0.3 is 0 Å². The van der Waals surface area contributed by atoms with Crippen molar-refractivity contribution in [1.82, 2.24) is 10.2 Å². The lowest BCUT2D eigenvalue weighted by Crippen LogP contribution is -2.15. The Morgan fingerprint density at radius 1 is 0.926 bits per heavy atom. The van der Waals surface area contributed by atoms with Crippen LogP contribution in [0.25, 0.3) is 0 Å². The molecule has 0 saturated carbocycles. The summed E-state index contributed by atoms with van der Waals surface area (Å²) < 4.78 is 0. The molecule has 6 nitrogen and oxygen atoms in total. The second-order valence-electron chi connectivity index (χ2n) is 6.17. The van der Waals surface area contributed by atoms with Crippen LogP contribution in [-0.2, 0) is 0 Å². The number of anilines is 2. The Bertz CT molecular complexity index is 940. The molecule has 0 spiro atoms. The first-order chi connectivity index (χ1) is 13.0. The van der Waals surface area contributed by atoms with Gasteiger partial charge in [-0.1, -0.05) is 42.5 Å². The van der Waals surface area contributed by atoms with E-state index >= 15 is 0 Å². The third kappa shape index (κ3) is 4.76. The molecule has 2 N–H and O–H groups in total. The zero-order valence-corrected chi connectivity index (χ0v) is 15.1. The molecule has 27 heavy (non-hydrogen) atoms. The lowest BCUT2D eigenvalue weighted by molar-refractivity contribution is 0.100. The van der Waals surface area contributed by atoms with Crippen molar-refractivity contribution in [2.75, 3.05) is 10.6 Å². The van der Waals surface area contributed by atoms with Gasteiger partial charge in [0, 0.05) is 17.3 Å². The number of ketones is 1. The molecule has 136 valence electrons. The normalized spacial score (nSPS) is 11.5. The van der Waals surface area contributed by atoms with Crippen molar-refractivity contribution in [3.05, 3.63) is 83.6 Å². The Hall–Kier alpha value is -3.54. The number of nitrogens with zero attached hydrogens (tertiary/aromatic N) is 2. The Morgan fingerprint density at radius 3 is 2.37 bits per heavy atom. The minimum absolute atomic E-state index is 0.0612. The van der Waals surface area contributed by atoms with Crippen LogP contribution < -0.4 is 10.6 Å². The number of hydrogen-bond acceptors (Lipinski definition) is 5. The summed E-state index contributed by atoms with van der Waals surface area (Å²) in [5.41, 5.74) is 2.40. The van der Waals surface area contributed by atoms with Crippen LogP contribution in [0.15, 0.2) is 66.7 Å². The van der Waals surface area contributed by atoms with Crippen LogP contribution in [0.3, 0.4) is 0 Å². The van der Waals surface area contributed by atoms with Crippen LogP contribution in [0, 0.1) is 0 Å². The van der Waals surface area contributed by atoms with Crippen LogP contribution in [0.5, 0.6) is 0 Å². The van der Waals surface area contributed by atoms with Crippen LogP contribution in [-0.4, -0.2) is 21.9 Å². The fraction of sp³-hybridized carbons (Fsp3) is 0.143. The second-order valence-corrected chi connectivity index (χ2v) is 6.17. The molecular weight excluding hydrogens is 340 g/mol. The predicted octanol–water partition coefficient (Wildman–Crippen LogP) is 4.10. The van der Waals surface area contributed by atoms with Crippen molar-refractivity contribution in [2.45, 2.75) is 19.9 Å². The number of carbonyl (C=O) groups excluding carboxylic acids is 2. The van der Waals surface area contributed by atoms with Gasteiger partial charge in [0.1, 0.15) is 5.82 Å². The minimum Gasteiger partial charge on any atom is -0.362 e. The molecule has 1 atom stereocenters. The van der Waals surface area contributed by atoms with E-state index in [2.05, 4.69) is 20.8 Å². The van der Waals surface area contributed by atoms with Gasteiger partial charge in [-0.25, -0.2) is 0 Å². The summed E-state index contributed by atoms with van der Waals surface area (Å²) in [6.45, 7) is 3.51. The van der Waals surface area contributed by atoms with Crippen LogP contribution in [0.4, 0.5) is 11.5 Å². The zero-order chi connectivity index (χ0) is 19.2. The molecule has 3 aromatic rings. The number of hydrogen-bond donors (Lipinski definition) is 2. The molecule has 6 heteroatoms. The second kappa shape index (κ2) is 8.23. The lowest BCUT2D eigenvalue weighted by Gasteiger charge is -2.14. The highest BCUT2D eigenvalue weighted by Crippen LogP contribution is 2.17. The number of nitrogens with one attached hydrogen (secondary N) is 2. The summed E-state index contributed by atoms with van der Waals surface area (Å²) in [6, 6.07) is 20.1. The largest absolute Gasteiger partial charge is 0.362 e. The smallest absolute Gasteiger partial charge is 0.276 e. The molecule has 1 amide bonds. The molecule has 0 saturated heterocycles. The fourth-order valence-corrected chi connectivity index (χ4v) is 2.59. The number of carbonyl (C=O) groups is 2. The maximum absolute atomic E-state index is 12.3. The maximum atomic E-state index is 12.3. The van der Waals surface area contributed by atoms with E-state index in [1.807, 2.05) is 37.3 Å². The van der Waals surface area contributed by atoms with E-state index in [-0.39, 0.29) is 23.4 Å². The van der Waals surface area contributed by atoms with Crippen LogP contribution in [0.1, 0.15) is 46.3 Å². The van der Waals surface area contributed by atoms with Gasteiger partial charge in [0.25, 0.3) is 5.91 Å². The van der Waals surface area contributed by atoms with Crippen molar-refractivity contribution in [2.24, 2.45) is 0 Å². The number of benzene rings is 2. The fourth-order valence-electron chi connectivity index (χ4n) is 2.59. The molecule has 3 rings (SSSR count). The Kier molecular flexibility index (Phi) is 5.56. The molecule has 0 aliphatic carbocycles. The number of amides is 1. The predicted molar refractivity (Wildman–Crippen MR) is 105 cm³/mol. The van der Waals surface area contributed by atoms with Gasteiger partial charge < -0.3 is 10.6 Å². The van der Waals surface area contributed by atoms with E-state index in [0.717, 1.165) is 5.56 Å². The minimum atomic E-state index is -0.383. The summed E-state index contributed by atoms with van der Waals surface area (Å²) >= 11 is 0. The van der Waals surface area contributed by atoms with E-state index in [1.165, 1.54) is 6.92 Å².